The first-order chi connectivity index (χ1) is 9.75. The summed E-state index contributed by atoms with van der Waals surface area (Å²) >= 11 is 6.29. The van der Waals surface area contributed by atoms with Gasteiger partial charge in [0.25, 0.3) is 0 Å². The van der Waals surface area contributed by atoms with Crippen molar-refractivity contribution in [3.8, 4) is 23.0 Å². The molecular weight excluding hydrogens is 408 g/mol. The fourth-order valence-electron chi connectivity index (χ4n) is 1.80. The van der Waals surface area contributed by atoms with Crippen LogP contribution in [0.4, 0.5) is 0 Å². The molecule has 4 N–H and O–H groups in total. The number of ketones is 1. The van der Waals surface area contributed by atoms with Gasteiger partial charge in [-0.1, -0.05) is 0 Å². The molecule has 7 heteroatoms. The second-order valence-corrected chi connectivity index (χ2v) is 5.94. The van der Waals surface area contributed by atoms with Gasteiger partial charge >= 0.3 is 0 Å². The maximum absolute atomic E-state index is 12.5. The van der Waals surface area contributed by atoms with Crippen molar-refractivity contribution < 1.29 is 25.2 Å². The van der Waals surface area contributed by atoms with Gasteiger partial charge in [-0.3, -0.25) is 4.79 Å². The van der Waals surface area contributed by atoms with E-state index in [0.29, 0.717) is 10.0 Å². The summed E-state index contributed by atoms with van der Waals surface area (Å²) < 4.78 is 0.359. The van der Waals surface area contributed by atoms with Gasteiger partial charge in [0.2, 0.25) is 0 Å². The average Bonchev–Trinajstić information content (AvgIpc) is 2.46. The molecule has 0 amide bonds. The molecule has 0 radical (unpaired) electrons. The van der Waals surface area contributed by atoms with E-state index < -0.39 is 17.3 Å². The lowest BCUT2D eigenvalue weighted by molar-refractivity contribution is 0.103. The number of benzene rings is 2. The maximum Gasteiger partial charge on any atom is 0.195 e. The van der Waals surface area contributed by atoms with E-state index in [1.54, 1.807) is 0 Å². The Morgan fingerprint density at radius 1 is 0.952 bits per heavy atom. The number of phenols is 4. The van der Waals surface area contributed by atoms with Crippen LogP contribution in [0.5, 0.6) is 23.0 Å². The number of carbonyl (C=O) groups is 1. The van der Waals surface area contributed by atoms with E-state index in [-0.39, 0.29) is 27.1 Å². The summed E-state index contributed by atoms with van der Waals surface area (Å²) in [4.78, 5) is 12.5. The van der Waals surface area contributed by atoms with Crippen LogP contribution in [0.3, 0.4) is 0 Å². The molecule has 0 aliphatic carbocycles. The van der Waals surface area contributed by atoms with Crippen molar-refractivity contribution in [2.75, 3.05) is 0 Å². The standard InChI is InChI=1S/C14H10Br2O5/c1-5-10(15)9(11(16)14(21)12(5)19)13(20)6-2-3-7(17)8(18)4-6/h2-4,17-19,21H,1H3. The van der Waals surface area contributed by atoms with Crippen LogP contribution in [-0.2, 0) is 0 Å². The smallest absolute Gasteiger partial charge is 0.195 e. The van der Waals surface area contributed by atoms with Gasteiger partial charge in [0.15, 0.2) is 28.8 Å². The molecular formula is C14H10Br2O5. The molecule has 0 aliphatic heterocycles. The monoisotopic (exact) mass is 416 g/mol. The van der Waals surface area contributed by atoms with Crippen molar-refractivity contribution in [3.05, 3.63) is 43.8 Å². The molecule has 2 aromatic rings. The van der Waals surface area contributed by atoms with E-state index in [4.69, 9.17) is 0 Å². The van der Waals surface area contributed by atoms with Gasteiger partial charge < -0.3 is 20.4 Å². The lowest BCUT2D eigenvalue weighted by Crippen LogP contribution is -2.05. The minimum Gasteiger partial charge on any atom is -0.504 e. The Labute approximate surface area is 136 Å². The van der Waals surface area contributed by atoms with Gasteiger partial charge in [0.05, 0.1) is 10.0 Å². The molecule has 0 spiro atoms. The fraction of sp³-hybridized carbons (Fsp3) is 0.0714. The molecule has 0 aliphatic rings. The Hall–Kier alpha value is -1.73. The molecule has 0 bridgehead atoms. The first kappa shape index (κ1) is 15.7. The summed E-state index contributed by atoms with van der Waals surface area (Å²) in [5.74, 6) is -2.04. The number of hydrogen-bond donors (Lipinski definition) is 4. The first-order valence-electron chi connectivity index (χ1n) is 5.71. The van der Waals surface area contributed by atoms with Gasteiger partial charge in [-0.05, 0) is 57.0 Å². The molecule has 2 rings (SSSR count). The molecule has 0 atom stereocenters. The van der Waals surface area contributed by atoms with Crippen LogP contribution in [0.25, 0.3) is 0 Å². The third-order valence-corrected chi connectivity index (χ3v) is 4.78. The van der Waals surface area contributed by atoms with Crippen LogP contribution in [0.1, 0.15) is 21.5 Å². The molecule has 0 saturated carbocycles. The van der Waals surface area contributed by atoms with Crippen LogP contribution < -0.4 is 0 Å². The minimum absolute atomic E-state index is 0.0371. The average molecular weight is 418 g/mol. The van der Waals surface area contributed by atoms with E-state index in [2.05, 4.69) is 31.9 Å². The van der Waals surface area contributed by atoms with Crippen LogP contribution in [0.15, 0.2) is 27.1 Å². The molecule has 2 aromatic carbocycles. The first-order valence-corrected chi connectivity index (χ1v) is 7.30. The predicted molar refractivity (Wildman–Crippen MR) is 83.1 cm³/mol. The van der Waals surface area contributed by atoms with Gasteiger partial charge in [-0.15, -0.1) is 0 Å². The number of aromatic hydroxyl groups is 4. The van der Waals surface area contributed by atoms with E-state index in [9.17, 15) is 25.2 Å². The van der Waals surface area contributed by atoms with Crippen molar-refractivity contribution in [2.24, 2.45) is 0 Å². The highest BCUT2D eigenvalue weighted by Gasteiger charge is 2.24. The van der Waals surface area contributed by atoms with E-state index in [1.165, 1.54) is 19.1 Å². The third-order valence-electron chi connectivity index (χ3n) is 3.02. The van der Waals surface area contributed by atoms with Crippen LogP contribution >= 0.6 is 31.9 Å². The minimum atomic E-state index is -0.498. The van der Waals surface area contributed by atoms with Crippen molar-refractivity contribution in [2.45, 2.75) is 6.92 Å². The summed E-state index contributed by atoms with van der Waals surface area (Å²) in [7, 11) is 0. The van der Waals surface area contributed by atoms with Crippen molar-refractivity contribution >= 4 is 37.6 Å². The number of halogens is 2. The zero-order valence-corrected chi connectivity index (χ0v) is 13.9. The third kappa shape index (κ3) is 2.58. The number of phenolic OH excluding ortho intramolecular Hbond substituents is 4. The highest BCUT2D eigenvalue weighted by atomic mass is 79.9. The summed E-state index contributed by atoms with van der Waals surface area (Å²) in [5.41, 5.74) is 0.533. The largest absolute Gasteiger partial charge is 0.504 e. The number of hydrogen-bond acceptors (Lipinski definition) is 5. The van der Waals surface area contributed by atoms with Crippen LogP contribution in [0.2, 0.25) is 0 Å². The van der Waals surface area contributed by atoms with Gasteiger partial charge in [-0.25, -0.2) is 0 Å². The maximum atomic E-state index is 12.5. The van der Waals surface area contributed by atoms with E-state index >= 15 is 0 Å². The molecule has 0 aromatic heterocycles. The van der Waals surface area contributed by atoms with Crippen LogP contribution in [0, 0.1) is 6.92 Å². The Morgan fingerprint density at radius 3 is 2.14 bits per heavy atom. The zero-order valence-electron chi connectivity index (χ0n) is 10.7. The topological polar surface area (TPSA) is 98.0 Å². The number of carbonyl (C=O) groups excluding carboxylic acids is 1. The van der Waals surface area contributed by atoms with Crippen molar-refractivity contribution in [3.63, 3.8) is 0 Å². The molecule has 0 unspecified atom stereocenters. The van der Waals surface area contributed by atoms with Gasteiger partial charge in [0, 0.05) is 15.6 Å². The Morgan fingerprint density at radius 2 is 1.57 bits per heavy atom. The Balaban J connectivity index is 2.66. The lowest BCUT2D eigenvalue weighted by Gasteiger charge is -2.13. The predicted octanol–water partition coefficient (Wildman–Crippen LogP) is 3.57. The molecule has 0 saturated heterocycles. The quantitative estimate of drug-likeness (QED) is 0.442. The molecule has 110 valence electrons. The van der Waals surface area contributed by atoms with Crippen molar-refractivity contribution in [1.82, 2.24) is 0 Å². The summed E-state index contributed by atoms with van der Waals surface area (Å²) in [6.45, 7) is 1.54. The van der Waals surface area contributed by atoms with Gasteiger partial charge in [-0.2, -0.15) is 0 Å². The van der Waals surface area contributed by atoms with Crippen LogP contribution in [-0.4, -0.2) is 26.2 Å². The van der Waals surface area contributed by atoms with E-state index in [0.717, 1.165) is 6.07 Å². The second-order valence-electron chi connectivity index (χ2n) is 4.36. The molecule has 21 heavy (non-hydrogen) atoms. The lowest BCUT2D eigenvalue weighted by atomic mass is 10.00. The fourth-order valence-corrected chi connectivity index (χ4v) is 3.19. The SMILES string of the molecule is Cc1c(O)c(O)c(Br)c(C(=O)c2ccc(O)c(O)c2)c1Br. The summed E-state index contributed by atoms with van der Waals surface area (Å²) in [5, 5.41) is 38.3. The highest BCUT2D eigenvalue weighted by molar-refractivity contribution is 9.11. The highest BCUT2D eigenvalue weighted by Crippen LogP contribution is 2.44. The summed E-state index contributed by atoms with van der Waals surface area (Å²) in [6, 6.07) is 3.66. The molecule has 0 fully saturated rings. The van der Waals surface area contributed by atoms with E-state index in [1.807, 2.05) is 0 Å². The Bertz CT molecular complexity index is 727. The van der Waals surface area contributed by atoms with Gasteiger partial charge in [0.1, 0.15) is 0 Å². The second kappa shape index (κ2) is 5.57. The summed E-state index contributed by atoms with van der Waals surface area (Å²) in [6.07, 6.45) is 0. The Kier molecular flexibility index (Phi) is 4.15. The molecule has 0 heterocycles. The zero-order chi connectivity index (χ0) is 15.9. The molecule has 5 nitrogen and oxygen atoms in total. The van der Waals surface area contributed by atoms with Crippen molar-refractivity contribution in [1.29, 1.82) is 0 Å². The normalized spacial score (nSPS) is 10.6. The number of rotatable bonds is 2.